The molecule has 0 aliphatic carbocycles. The molecule has 0 heterocycles. The third kappa shape index (κ3) is 3.93. The van der Waals surface area contributed by atoms with Crippen molar-refractivity contribution in [3.05, 3.63) is 24.3 Å². The number of hydrogen-bond donors (Lipinski definition) is 0. The van der Waals surface area contributed by atoms with Gasteiger partial charge in [-0.05, 0) is 12.1 Å². The van der Waals surface area contributed by atoms with Crippen LogP contribution in [-0.2, 0) is 4.79 Å². The minimum atomic E-state index is 0.0777. The minimum absolute atomic E-state index is 0.0777. The fourth-order valence-electron chi connectivity index (χ4n) is 1.25. The van der Waals surface area contributed by atoms with Crippen molar-refractivity contribution < 1.29 is 14.3 Å². The van der Waals surface area contributed by atoms with Gasteiger partial charge in [-0.25, -0.2) is 0 Å². The highest BCUT2D eigenvalue weighted by atomic mass is 16.5. The molecule has 0 fully saturated rings. The Morgan fingerprint density at radius 2 is 2.00 bits per heavy atom. The van der Waals surface area contributed by atoms with Gasteiger partial charge in [0.2, 0.25) is 0 Å². The van der Waals surface area contributed by atoms with E-state index < -0.39 is 0 Å². The molecule has 1 aromatic carbocycles. The number of hydrogen-bond acceptors (Lipinski definition) is 3. The molecule has 0 aliphatic heterocycles. The van der Waals surface area contributed by atoms with Crippen LogP contribution in [0.2, 0.25) is 0 Å². The highest BCUT2D eigenvalue weighted by molar-refractivity contribution is 5.80. The molecule has 16 heavy (non-hydrogen) atoms. The second-order valence-corrected chi connectivity index (χ2v) is 3.90. The Morgan fingerprint density at radius 3 is 2.62 bits per heavy atom. The van der Waals surface area contributed by atoms with Gasteiger partial charge in [0.05, 0.1) is 13.7 Å². The van der Waals surface area contributed by atoms with E-state index in [9.17, 15) is 4.79 Å². The first-order chi connectivity index (χ1) is 7.63. The number of ether oxygens (including phenoxy) is 2. The van der Waals surface area contributed by atoms with E-state index in [4.69, 9.17) is 9.47 Å². The summed E-state index contributed by atoms with van der Waals surface area (Å²) < 4.78 is 10.5. The van der Waals surface area contributed by atoms with Crippen molar-refractivity contribution in [1.29, 1.82) is 0 Å². The summed E-state index contributed by atoms with van der Waals surface area (Å²) in [4.78, 5) is 11.4. The zero-order valence-corrected chi connectivity index (χ0v) is 10.0. The van der Waals surface area contributed by atoms with E-state index >= 15 is 0 Å². The Kier molecular flexibility index (Phi) is 4.83. The second-order valence-electron chi connectivity index (χ2n) is 3.90. The van der Waals surface area contributed by atoms with E-state index in [1.54, 1.807) is 13.2 Å². The van der Waals surface area contributed by atoms with Crippen molar-refractivity contribution in [2.24, 2.45) is 5.92 Å². The first-order valence-electron chi connectivity index (χ1n) is 5.43. The van der Waals surface area contributed by atoms with Crippen LogP contribution in [0.1, 0.15) is 20.3 Å². The fraction of sp³-hybridized carbons (Fsp3) is 0.462. The third-order valence-corrected chi connectivity index (χ3v) is 2.30. The summed E-state index contributed by atoms with van der Waals surface area (Å²) in [5.41, 5.74) is 0. The van der Waals surface area contributed by atoms with Gasteiger partial charge in [-0.1, -0.05) is 19.9 Å². The Morgan fingerprint density at radius 1 is 1.31 bits per heavy atom. The number of benzene rings is 1. The molecule has 3 heteroatoms. The van der Waals surface area contributed by atoms with Crippen LogP contribution in [0, 0.1) is 5.92 Å². The standard InChI is InChI=1S/C13H18O3/c1-10(2)13(14)7-8-16-12-6-4-5-11(9-12)15-3/h4-6,9-10H,7-8H2,1-3H3. The average Bonchev–Trinajstić information content (AvgIpc) is 2.29. The summed E-state index contributed by atoms with van der Waals surface area (Å²) in [6.07, 6.45) is 0.453. The van der Waals surface area contributed by atoms with Gasteiger partial charge < -0.3 is 9.47 Å². The molecular formula is C13H18O3. The van der Waals surface area contributed by atoms with Crippen LogP contribution < -0.4 is 9.47 Å². The Hall–Kier alpha value is -1.51. The lowest BCUT2D eigenvalue weighted by molar-refractivity contribution is -0.122. The number of methoxy groups -OCH3 is 1. The van der Waals surface area contributed by atoms with Crippen LogP contribution in [0.5, 0.6) is 11.5 Å². The molecule has 1 aromatic rings. The number of carbonyl (C=O) groups is 1. The monoisotopic (exact) mass is 222 g/mol. The lowest BCUT2D eigenvalue weighted by Gasteiger charge is -2.08. The number of carbonyl (C=O) groups excluding carboxylic acids is 1. The van der Waals surface area contributed by atoms with Crippen LogP contribution >= 0.6 is 0 Å². The quantitative estimate of drug-likeness (QED) is 0.742. The Labute approximate surface area is 96.4 Å². The van der Waals surface area contributed by atoms with Crippen LogP contribution in [0.15, 0.2) is 24.3 Å². The Bertz CT molecular complexity index is 345. The van der Waals surface area contributed by atoms with Gasteiger partial charge in [-0.2, -0.15) is 0 Å². The third-order valence-electron chi connectivity index (χ3n) is 2.30. The minimum Gasteiger partial charge on any atom is -0.497 e. The molecule has 0 bridgehead atoms. The van der Waals surface area contributed by atoms with E-state index in [0.717, 1.165) is 11.5 Å². The maximum absolute atomic E-state index is 11.4. The molecule has 0 spiro atoms. The van der Waals surface area contributed by atoms with Gasteiger partial charge in [0.25, 0.3) is 0 Å². The molecule has 0 aliphatic rings. The normalized spacial score (nSPS) is 10.2. The summed E-state index contributed by atoms with van der Waals surface area (Å²) >= 11 is 0. The molecular weight excluding hydrogens is 204 g/mol. The molecule has 0 saturated heterocycles. The molecule has 1 rings (SSSR count). The Balaban J connectivity index is 2.40. The molecule has 0 aromatic heterocycles. The van der Waals surface area contributed by atoms with E-state index in [-0.39, 0.29) is 11.7 Å². The topological polar surface area (TPSA) is 35.5 Å². The summed E-state index contributed by atoms with van der Waals surface area (Å²) in [5, 5.41) is 0. The van der Waals surface area contributed by atoms with Gasteiger partial charge >= 0.3 is 0 Å². The molecule has 0 N–H and O–H groups in total. The molecule has 3 nitrogen and oxygen atoms in total. The summed E-state index contributed by atoms with van der Waals surface area (Å²) in [5.74, 6) is 1.79. The van der Waals surface area contributed by atoms with Crippen LogP contribution in [0.4, 0.5) is 0 Å². The van der Waals surface area contributed by atoms with Gasteiger partial charge in [0.1, 0.15) is 17.3 Å². The zero-order chi connectivity index (χ0) is 12.0. The lowest BCUT2D eigenvalue weighted by Crippen LogP contribution is -2.11. The maximum atomic E-state index is 11.4. The number of rotatable bonds is 6. The van der Waals surface area contributed by atoms with Crippen molar-refractivity contribution in [1.82, 2.24) is 0 Å². The first kappa shape index (κ1) is 12.6. The van der Waals surface area contributed by atoms with Gasteiger partial charge in [-0.3, -0.25) is 4.79 Å². The van der Waals surface area contributed by atoms with E-state index in [0.29, 0.717) is 13.0 Å². The molecule has 0 saturated carbocycles. The molecule has 88 valence electrons. The van der Waals surface area contributed by atoms with Gasteiger partial charge in [0, 0.05) is 18.4 Å². The summed E-state index contributed by atoms with van der Waals surface area (Å²) in [7, 11) is 1.61. The maximum Gasteiger partial charge on any atom is 0.138 e. The number of Topliss-reactive ketones (excluding diaryl/α,β-unsaturated/α-hetero) is 1. The van der Waals surface area contributed by atoms with E-state index in [2.05, 4.69) is 0 Å². The van der Waals surface area contributed by atoms with E-state index in [1.807, 2.05) is 32.0 Å². The highest BCUT2D eigenvalue weighted by Crippen LogP contribution is 2.18. The lowest BCUT2D eigenvalue weighted by atomic mass is 10.1. The number of ketones is 1. The van der Waals surface area contributed by atoms with Crippen molar-refractivity contribution in [2.45, 2.75) is 20.3 Å². The van der Waals surface area contributed by atoms with Crippen molar-refractivity contribution >= 4 is 5.78 Å². The van der Waals surface area contributed by atoms with Gasteiger partial charge in [-0.15, -0.1) is 0 Å². The first-order valence-corrected chi connectivity index (χ1v) is 5.43. The molecule has 0 radical (unpaired) electrons. The highest BCUT2D eigenvalue weighted by Gasteiger charge is 2.06. The van der Waals surface area contributed by atoms with Crippen molar-refractivity contribution in [3.63, 3.8) is 0 Å². The summed E-state index contributed by atoms with van der Waals surface area (Å²) in [6, 6.07) is 7.37. The molecule has 0 unspecified atom stereocenters. The van der Waals surface area contributed by atoms with Crippen molar-refractivity contribution in [2.75, 3.05) is 13.7 Å². The van der Waals surface area contributed by atoms with Crippen molar-refractivity contribution in [3.8, 4) is 11.5 Å². The SMILES string of the molecule is COc1cccc(OCCC(=O)C(C)C)c1. The van der Waals surface area contributed by atoms with Crippen LogP contribution in [0.3, 0.4) is 0 Å². The molecule has 0 amide bonds. The second kappa shape index (κ2) is 6.16. The van der Waals surface area contributed by atoms with Crippen LogP contribution in [-0.4, -0.2) is 19.5 Å². The fourth-order valence-corrected chi connectivity index (χ4v) is 1.25. The molecule has 0 atom stereocenters. The predicted octanol–water partition coefficient (Wildman–Crippen LogP) is 2.69. The largest absolute Gasteiger partial charge is 0.497 e. The predicted molar refractivity (Wildman–Crippen MR) is 63.0 cm³/mol. The summed E-state index contributed by atoms with van der Waals surface area (Å²) in [6.45, 7) is 4.21. The van der Waals surface area contributed by atoms with E-state index in [1.165, 1.54) is 0 Å². The average molecular weight is 222 g/mol. The van der Waals surface area contributed by atoms with Gasteiger partial charge in [0.15, 0.2) is 0 Å². The smallest absolute Gasteiger partial charge is 0.138 e. The zero-order valence-electron chi connectivity index (χ0n) is 10.0. The van der Waals surface area contributed by atoms with Crippen LogP contribution in [0.25, 0.3) is 0 Å².